The molecule has 6 nitrogen and oxygen atoms in total. The molecule has 92 valence electrons. The second-order valence-corrected chi connectivity index (χ2v) is 3.71. The van der Waals surface area contributed by atoms with Crippen LogP contribution < -0.4 is 11.1 Å². The Kier molecular flexibility index (Phi) is 3.89. The van der Waals surface area contributed by atoms with E-state index in [1.807, 2.05) is 18.3 Å². The average molecular weight is 235 g/mol. The molecule has 0 spiro atoms. The predicted molar refractivity (Wildman–Crippen MR) is 66.1 cm³/mol. The molecule has 0 aliphatic rings. The van der Waals surface area contributed by atoms with Crippen molar-refractivity contribution in [2.24, 2.45) is 5.73 Å². The number of ether oxygens (including phenoxy) is 1. The third-order valence-electron chi connectivity index (χ3n) is 2.38. The van der Waals surface area contributed by atoms with Crippen LogP contribution in [0.2, 0.25) is 0 Å². The van der Waals surface area contributed by atoms with Gasteiger partial charge in [0.25, 0.3) is 0 Å². The minimum absolute atomic E-state index is 0.600. The van der Waals surface area contributed by atoms with Crippen molar-refractivity contribution in [3.63, 3.8) is 0 Å². The lowest BCUT2D eigenvalue weighted by atomic mass is 10.3. The highest BCUT2D eigenvalue weighted by Gasteiger charge is 2.02. The zero-order valence-electron chi connectivity index (χ0n) is 9.89. The van der Waals surface area contributed by atoms with E-state index in [1.54, 1.807) is 11.6 Å². The van der Waals surface area contributed by atoms with Gasteiger partial charge in [-0.25, -0.2) is 9.50 Å². The normalized spacial score (nSPS) is 10.9. The Balaban J connectivity index is 2.12. The molecule has 2 aromatic rings. The zero-order chi connectivity index (χ0) is 12.1. The fourth-order valence-electron chi connectivity index (χ4n) is 1.57. The zero-order valence-corrected chi connectivity index (χ0v) is 9.89. The van der Waals surface area contributed by atoms with E-state index >= 15 is 0 Å². The number of nitrogens with zero attached hydrogens (tertiary/aromatic N) is 3. The summed E-state index contributed by atoms with van der Waals surface area (Å²) in [5.74, 6) is 0.811. The molecule has 0 fully saturated rings. The molecule has 2 aromatic heterocycles. The number of fused-ring (bicyclic) bond motifs is 1. The molecule has 2 rings (SSSR count). The van der Waals surface area contributed by atoms with Gasteiger partial charge in [-0.3, -0.25) is 0 Å². The second kappa shape index (κ2) is 5.60. The fraction of sp³-hybridized carbons (Fsp3) is 0.455. The first-order valence-corrected chi connectivity index (χ1v) is 5.61. The summed E-state index contributed by atoms with van der Waals surface area (Å²) in [5.41, 5.74) is 7.30. The first-order valence-electron chi connectivity index (χ1n) is 5.61. The lowest BCUT2D eigenvalue weighted by Crippen LogP contribution is -2.09. The van der Waals surface area contributed by atoms with Crippen molar-refractivity contribution in [1.29, 1.82) is 0 Å². The number of rotatable bonds is 6. The Bertz CT molecular complexity index is 482. The Morgan fingerprint density at radius 1 is 1.47 bits per heavy atom. The van der Waals surface area contributed by atoms with E-state index in [0.29, 0.717) is 13.2 Å². The smallest absolute Gasteiger partial charge is 0.153 e. The molecule has 6 heteroatoms. The molecule has 0 radical (unpaired) electrons. The van der Waals surface area contributed by atoms with E-state index in [2.05, 4.69) is 15.4 Å². The topological polar surface area (TPSA) is 77.5 Å². The average Bonchev–Trinajstić information content (AvgIpc) is 2.71. The highest BCUT2D eigenvalue weighted by atomic mass is 16.5. The van der Waals surface area contributed by atoms with E-state index in [4.69, 9.17) is 10.5 Å². The second-order valence-electron chi connectivity index (χ2n) is 3.71. The first-order chi connectivity index (χ1) is 8.33. The van der Waals surface area contributed by atoms with E-state index in [-0.39, 0.29) is 0 Å². The van der Waals surface area contributed by atoms with E-state index < -0.39 is 0 Å². The van der Waals surface area contributed by atoms with Crippen molar-refractivity contribution in [3.05, 3.63) is 24.0 Å². The van der Waals surface area contributed by atoms with Gasteiger partial charge in [-0.2, -0.15) is 0 Å². The van der Waals surface area contributed by atoms with Gasteiger partial charge in [-0.05, 0) is 18.7 Å². The van der Waals surface area contributed by atoms with Gasteiger partial charge in [0.15, 0.2) is 5.65 Å². The van der Waals surface area contributed by atoms with Gasteiger partial charge in [-0.15, -0.1) is 5.10 Å². The van der Waals surface area contributed by atoms with Crippen LogP contribution in [-0.4, -0.2) is 41.4 Å². The molecule has 0 saturated carbocycles. The molecule has 0 aliphatic heterocycles. The maximum Gasteiger partial charge on any atom is 0.153 e. The van der Waals surface area contributed by atoms with Crippen LogP contribution in [0.5, 0.6) is 0 Å². The van der Waals surface area contributed by atoms with Crippen LogP contribution in [0.1, 0.15) is 5.69 Å². The van der Waals surface area contributed by atoms with Crippen LogP contribution in [0.4, 0.5) is 5.82 Å². The van der Waals surface area contributed by atoms with Crippen LogP contribution in [-0.2, 0) is 11.2 Å². The third kappa shape index (κ3) is 2.92. The fourth-order valence-corrected chi connectivity index (χ4v) is 1.57. The molecule has 0 saturated heterocycles. The molecule has 2 heterocycles. The highest BCUT2D eigenvalue weighted by Crippen LogP contribution is 2.07. The summed E-state index contributed by atoms with van der Waals surface area (Å²) in [7, 11) is 1.67. The number of nitrogens with one attached hydrogen (secondary N) is 1. The Hall–Kier alpha value is -1.66. The van der Waals surface area contributed by atoms with Gasteiger partial charge in [0.2, 0.25) is 0 Å². The SMILES string of the molecule is COCCNc1ccc2nc(CCN)cn2n1. The summed E-state index contributed by atoms with van der Waals surface area (Å²) in [6.07, 6.45) is 2.68. The van der Waals surface area contributed by atoms with E-state index in [0.717, 1.165) is 30.1 Å². The van der Waals surface area contributed by atoms with Crippen LogP contribution in [0.3, 0.4) is 0 Å². The van der Waals surface area contributed by atoms with Crippen LogP contribution >= 0.6 is 0 Å². The lowest BCUT2D eigenvalue weighted by Gasteiger charge is -2.04. The summed E-state index contributed by atoms with van der Waals surface area (Å²) in [4.78, 5) is 4.41. The third-order valence-corrected chi connectivity index (χ3v) is 2.38. The molecular formula is C11H17N5O. The minimum Gasteiger partial charge on any atom is -0.383 e. The maximum absolute atomic E-state index is 5.50. The number of hydrogen-bond donors (Lipinski definition) is 2. The van der Waals surface area contributed by atoms with Crippen molar-refractivity contribution in [1.82, 2.24) is 14.6 Å². The summed E-state index contributed by atoms with van der Waals surface area (Å²) in [6.45, 7) is 1.99. The van der Waals surface area contributed by atoms with Crippen molar-refractivity contribution in [2.75, 3.05) is 32.1 Å². The Morgan fingerprint density at radius 2 is 2.35 bits per heavy atom. The summed E-state index contributed by atoms with van der Waals surface area (Å²) in [6, 6.07) is 3.84. The van der Waals surface area contributed by atoms with Crippen molar-refractivity contribution >= 4 is 11.5 Å². The first kappa shape index (κ1) is 11.8. The molecule has 0 unspecified atom stereocenters. The Labute approximate surface area is 99.8 Å². The molecule has 0 aliphatic carbocycles. The molecule has 0 aromatic carbocycles. The molecule has 3 N–H and O–H groups in total. The lowest BCUT2D eigenvalue weighted by molar-refractivity contribution is 0.210. The molecule has 17 heavy (non-hydrogen) atoms. The quantitative estimate of drug-likeness (QED) is 0.704. The summed E-state index contributed by atoms with van der Waals surface area (Å²) >= 11 is 0. The van der Waals surface area contributed by atoms with Crippen LogP contribution in [0, 0.1) is 0 Å². The Morgan fingerprint density at radius 3 is 3.12 bits per heavy atom. The van der Waals surface area contributed by atoms with Gasteiger partial charge in [0.1, 0.15) is 5.82 Å². The van der Waals surface area contributed by atoms with Gasteiger partial charge < -0.3 is 15.8 Å². The number of nitrogens with two attached hydrogens (primary N) is 1. The number of methoxy groups -OCH3 is 1. The molecule has 0 bridgehead atoms. The summed E-state index contributed by atoms with van der Waals surface area (Å²) < 4.78 is 6.73. The van der Waals surface area contributed by atoms with E-state index in [1.165, 1.54) is 0 Å². The molecule has 0 atom stereocenters. The number of hydrogen-bond acceptors (Lipinski definition) is 5. The van der Waals surface area contributed by atoms with Crippen LogP contribution in [0.25, 0.3) is 5.65 Å². The minimum atomic E-state index is 0.600. The van der Waals surface area contributed by atoms with Gasteiger partial charge in [0, 0.05) is 20.1 Å². The van der Waals surface area contributed by atoms with Crippen molar-refractivity contribution in [2.45, 2.75) is 6.42 Å². The van der Waals surface area contributed by atoms with Gasteiger partial charge in [0.05, 0.1) is 18.5 Å². The van der Waals surface area contributed by atoms with Gasteiger partial charge in [-0.1, -0.05) is 0 Å². The maximum atomic E-state index is 5.50. The number of anilines is 1. The monoisotopic (exact) mass is 235 g/mol. The van der Waals surface area contributed by atoms with Crippen molar-refractivity contribution < 1.29 is 4.74 Å². The van der Waals surface area contributed by atoms with Gasteiger partial charge >= 0.3 is 0 Å². The molecule has 0 amide bonds. The predicted octanol–water partition coefficient (Wildman–Crippen LogP) is 0.289. The van der Waals surface area contributed by atoms with Crippen molar-refractivity contribution in [3.8, 4) is 0 Å². The largest absolute Gasteiger partial charge is 0.383 e. The van der Waals surface area contributed by atoms with E-state index in [9.17, 15) is 0 Å². The highest BCUT2D eigenvalue weighted by molar-refractivity contribution is 5.45. The number of aromatic nitrogens is 3. The van der Waals surface area contributed by atoms with Crippen LogP contribution in [0.15, 0.2) is 18.3 Å². The number of imidazole rings is 1. The summed E-state index contributed by atoms with van der Waals surface area (Å²) in [5, 5.41) is 7.57. The standard InChI is InChI=1S/C11H17N5O/c1-17-7-6-13-10-2-3-11-14-9(4-5-12)8-16(11)15-10/h2-3,8H,4-7,12H2,1H3,(H,13,15). The molecular weight excluding hydrogens is 218 g/mol.